The van der Waals surface area contributed by atoms with E-state index in [1.807, 2.05) is 6.08 Å². The first-order valence-corrected chi connectivity index (χ1v) is 5.45. The van der Waals surface area contributed by atoms with Crippen LogP contribution < -0.4 is 0 Å². The number of aromatic carboxylic acids is 1. The molecule has 0 aliphatic carbocycles. The minimum atomic E-state index is -1.09. The highest BCUT2D eigenvalue weighted by Crippen LogP contribution is 2.19. The van der Waals surface area contributed by atoms with Crippen LogP contribution in [0.4, 0.5) is 4.79 Å². The summed E-state index contributed by atoms with van der Waals surface area (Å²) in [6, 6.07) is 4.69. The van der Waals surface area contributed by atoms with Crippen molar-refractivity contribution in [3.05, 3.63) is 35.7 Å². The van der Waals surface area contributed by atoms with Crippen LogP contribution in [0.25, 0.3) is 5.57 Å². The molecular formula is C12H12N2O4. The highest BCUT2D eigenvalue weighted by molar-refractivity contribution is 5.86. The fraction of sp³-hybridized carbons (Fsp3) is 0.250. The molecule has 1 aliphatic heterocycles. The van der Waals surface area contributed by atoms with Crippen LogP contribution in [0.1, 0.15) is 22.6 Å². The van der Waals surface area contributed by atoms with Crippen LogP contribution in [0, 0.1) is 0 Å². The molecule has 0 radical (unpaired) electrons. The number of carboxylic acid groups (broad SMARTS) is 2. The molecule has 94 valence electrons. The summed E-state index contributed by atoms with van der Waals surface area (Å²) in [4.78, 5) is 27.0. The first-order chi connectivity index (χ1) is 8.58. The Balaban J connectivity index is 2.26. The second kappa shape index (κ2) is 4.87. The highest BCUT2D eigenvalue weighted by Gasteiger charge is 2.19. The van der Waals surface area contributed by atoms with Crippen molar-refractivity contribution in [1.82, 2.24) is 9.88 Å². The zero-order chi connectivity index (χ0) is 13.1. The number of carbonyl (C=O) groups is 2. The number of carboxylic acids is 1. The smallest absolute Gasteiger partial charge is 0.407 e. The summed E-state index contributed by atoms with van der Waals surface area (Å²) in [7, 11) is 0. The third-order valence-electron chi connectivity index (χ3n) is 2.72. The van der Waals surface area contributed by atoms with Gasteiger partial charge in [-0.25, -0.2) is 14.6 Å². The summed E-state index contributed by atoms with van der Waals surface area (Å²) in [5, 5.41) is 17.8. The molecule has 2 rings (SSSR count). The van der Waals surface area contributed by atoms with Crippen molar-refractivity contribution in [1.29, 1.82) is 0 Å². The average molecular weight is 248 g/mol. The SMILES string of the molecule is O=C(O)c1cccc(C2=CCCN(C(=O)O)C2)n1. The van der Waals surface area contributed by atoms with Gasteiger partial charge < -0.3 is 15.1 Å². The summed E-state index contributed by atoms with van der Waals surface area (Å²) in [6.45, 7) is 0.697. The zero-order valence-electron chi connectivity index (χ0n) is 9.54. The number of hydrogen-bond donors (Lipinski definition) is 2. The molecule has 6 nitrogen and oxygen atoms in total. The van der Waals surface area contributed by atoms with E-state index >= 15 is 0 Å². The van der Waals surface area contributed by atoms with E-state index in [1.54, 1.807) is 12.1 Å². The lowest BCUT2D eigenvalue weighted by Crippen LogP contribution is -2.34. The average Bonchev–Trinajstić information content (AvgIpc) is 2.39. The van der Waals surface area contributed by atoms with E-state index < -0.39 is 12.1 Å². The number of pyridine rings is 1. The predicted octanol–water partition coefficient (Wildman–Crippen LogP) is 1.55. The van der Waals surface area contributed by atoms with Crippen molar-refractivity contribution < 1.29 is 19.8 Å². The second-order valence-corrected chi connectivity index (χ2v) is 3.94. The number of aromatic nitrogens is 1. The summed E-state index contributed by atoms with van der Waals surface area (Å²) >= 11 is 0. The van der Waals surface area contributed by atoms with Gasteiger partial charge in [-0.15, -0.1) is 0 Å². The molecule has 1 aromatic heterocycles. The number of rotatable bonds is 2. The molecule has 0 aromatic carbocycles. The minimum absolute atomic E-state index is 0.0409. The largest absolute Gasteiger partial charge is 0.477 e. The Morgan fingerprint density at radius 2 is 2.06 bits per heavy atom. The molecule has 1 aliphatic rings. The van der Waals surface area contributed by atoms with E-state index in [4.69, 9.17) is 10.2 Å². The minimum Gasteiger partial charge on any atom is -0.477 e. The molecule has 1 aromatic rings. The van der Waals surface area contributed by atoms with Gasteiger partial charge in [-0.1, -0.05) is 12.1 Å². The normalized spacial score (nSPS) is 15.1. The van der Waals surface area contributed by atoms with E-state index in [0.29, 0.717) is 18.7 Å². The lowest BCUT2D eigenvalue weighted by Gasteiger charge is -2.24. The van der Waals surface area contributed by atoms with E-state index in [0.717, 1.165) is 5.57 Å². The van der Waals surface area contributed by atoms with Crippen molar-refractivity contribution in [2.75, 3.05) is 13.1 Å². The highest BCUT2D eigenvalue weighted by atomic mass is 16.4. The van der Waals surface area contributed by atoms with Crippen molar-refractivity contribution in [2.24, 2.45) is 0 Å². The van der Waals surface area contributed by atoms with Gasteiger partial charge in [0.1, 0.15) is 5.69 Å². The number of nitrogens with zero attached hydrogens (tertiary/aromatic N) is 2. The van der Waals surface area contributed by atoms with Gasteiger partial charge in [0.2, 0.25) is 0 Å². The van der Waals surface area contributed by atoms with Crippen LogP contribution in [-0.4, -0.2) is 45.2 Å². The molecule has 2 heterocycles. The molecule has 0 saturated carbocycles. The molecule has 0 spiro atoms. The number of hydrogen-bond acceptors (Lipinski definition) is 3. The summed E-state index contributed by atoms with van der Waals surface area (Å²) in [5.41, 5.74) is 1.22. The first kappa shape index (κ1) is 12.1. The van der Waals surface area contributed by atoms with E-state index in [1.165, 1.54) is 11.0 Å². The Morgan fingerprint density at radius 3 is 2.72 bits per heavy atom. The molecule has 0 fully saturated rings. The van der Waals surface area contributed by atoms with Gasteiger partial charge >= 0.3 is 12.1 Å². The molecule has 0 bridgehead atoms. The van der Waals surface area contributed by atoms with Gasteiger partial charge in [-0.05, 0) is 24.1 Å². The molecule has 0 atom stereocenters. The molecule has 6 heteroatoms. The van der Waals surface area contributed by atoms with Crippen LogP contribution in [0.2, 0.25) is 0 Å². The Hall–Kier alpha value is -2.37. The van der Waals surface area contributed by atoms with Crippen molar-refractivity contribution >= 4 is 17.6 Å². The maximum Gasteiger partial charge on any atom is 0.407 e. The van der Waals surface area contributed by atoms with Crippen LogP contribution in [0.15, 0.2) is 24.3 Å². The van der Waals surface area contributed by atoms with Crippen LogP contribution in [-0.2, 0) is 0 Å². The molecule has 0 saturated heterocycles. The van der Waals surface area contributed by atoms with Crippen molar-refractivity contribution in [3.8, 4) is 0 Å². The molecule has 18 heavy (non-hydrogen) atoms. The molecule has 0 unspecified atom stereocenters. The summed E-state index contributed by atoms with van der Waals surface area (Å²) in [5.74, 6) is -1.09. The summed E-state index contributed by atoms with van der Waals surface area (Å²) in [6.07, 6.45) is 1.53. The first-order valence-electron chi connectivity index (χ1n) is 5.45. The maximum absolute atomic E-state index is 10.9. The van der Waals surface area contributed by atoms with Crippen molar-refractivity contribution in [2.45, 2.75) is 6.42 Å². The van der Waals surface area contributed by atoms with E-state index in [2.05, 4.69) is 4.98 Å². The van der Waals surface area contributed by atoms with Crippen LogP contribution >= 0.6 is 0 Å². The third kappa shape index (κ3) is 2.48. The monoisotopic (exact) mass is 248 g/mol. The summed E-state index contributed by atoms with van der Waals surface area (Å²) < 4.78 is 0. The standard InChI is InChI=1S/C12H12N2O4/c15-11(16)10-5-1-4-9(13-10)8-3-2-6-14(7-8)12(17)18/h1,3-5H,2,6-7H2,(H,15,16)(H,17,18). The fourth-order valence-corrected chi connectivity index (χ4v) is 1.83. The topological polar surface area (TPSA) is 90.7 Å². The quantitative estimate of drug-likeness (QED) is 0.828. The van der Waals surface area contributed by atoms with Crippen molar-refractivity contribution in [3.63, 3.8) is 0 Å². The van der Waals surface area contributed by atoms with Gasteiger partial charge in [0.15, 0.2) is 0 Å². The van der Waals surface area contributed by atoms with Gasteiger partial charge in [0.25, 0.3) is 0 Å². The van der Waals surface area contributed by atoms with Crippen LogP contribution in [0.5, 0.6) is 0 Å². The van der Waals surface area contributed by atoms with Gasteiger partial charge in [-0.2, -0.15) is 0 Å². The van der Waals surface area contributed by atoms with Gasteiger partial charge in [0, 0.05) is 6.54 Å². The Labute approximate surface area is 103 Å². The lowest BCUT2D eigenvalue weighted by molar-refractivity contribution is 0.0690. The Bertz CT molecular complexity index is 525. The maximum atomic E-state index is 10.9. The van der Waals surface area contributed by atoms with E-state index in [9.17, 15) is 9.59 Å². The third-order valence-corrected chi connectivity index (χ3v) is 2.72. The molecular weight excluding hydrogens is 236 g/mol. The van der Waals surface area contributed by atoms with Gasteiger partial charge in [0.05, 0.1) is 12.2 Å². The zero-order valence-corrected chi connectivity index (χ0v) is 9.54. The van der Waals surface area contributed by atoms with Crippen LogP contribution in [0.3, 0.4) is 0 Å². The molecule has 2 N–H and O–H groups in total. The Morgan fingerprint density at radius 1 is 1.28 bits per heavy atom. The Kier molecular flexibility index (Phi) is 3.27. The fourth-order valence-electron chi connectivity index (χ4n) is 1.83. The second-order valence-electron chi connectivity index (χ2n) is 3.94. The van der Waals surface area contributed by atoms with Gasteiger partial charge in [-0.3, -0.25) is 0 Å². The number of amides is 1. The molecule has 1 amide bonds. The lowest BCUT2D eigenvalue weighted by atomic mass is 10.1. The van der Waals surface area contributed by atoms with E-state index in [-0.39, 0.29) is 12.2 Å². The predicted molar refractivity (Wildman–Crippen MR) is 63.4 cm³/mol.